The van der Waals surface area contributed by atoms with Crippen LogP contribution in [0.2, 0.25) is 0 Å². The Morgan fingerprint density at radius 1 is 1.18 bits per heavy atom. The van der Waals surface area contributed by atoms with Crippen LogP contribution in [0.15, 0.2) is 58.2 Å². The number of sulfonamides is 1. The van der Waals surface area contributed by atoms with Crippen molar-refractivity contribution < 1.29 is 30.8 Å². The highest BCUT2D eigenvalue weighted by Crippen LogP contribution is 2.30. The number of rotatable bonds is 6. The summed E-state index contributed by atoms with van der Waals surface area (Å²) in [7, 11) is -2.28. The average Bonchev–Trinajstić information content (AvgIpc) is 3.38. The minimum Gasteiger partial charge on any atom is -0.471 e. The maximum absolute atomic E-state index is 12.7. The molecule has 1 aromatic carbocycles. The van der Waals surface area contributed by atoms with Gasteiger partial charge in [0, 0.05) is 24.9 Å². The Kier molecular flexibility index (Phi) is 5.63. The van der Waals surface area contributed by atoms with Crippen molar-refractivity contribution in [2.45, 2.75) is 17.7 Å². The van der Waals surface area contributed by atoms with E-state index in [-0.39, 0.29) is 29.1 Å². The molecule has 3 aromatic heterocycles. The molecule has 0 aliphatic carbocycles. The van der Waals surface area contributed by atoms with E-state index in [0.717, 1.165) is 12.1 Å². The van der Waals surface area contributed by atoms with E-state index < -0.39 is 21.8 Å². The number of aromatic nitrogens is 5. The van der Waals surface area contributed by atoms with E-state index in [2.05, 4.69) is 20.2 Å². The van der Waals surface area contributed by atoms with Crippen molar-refractivity contribution in [3.8, 4) is 28.7 Å². The third-order valence-corrected chi connectivity index (χ3v) is 5.47. The molecule has 4 rings (SSSR count). The molecule has 4 aromatic rings. The van der Waals surface area contributed by atoms with Gasteiger partial charge in [0.1, 0.15) is 6.61 Å². The molecule has 0 bridgehead atoms. The number of hydrogen-bond donors (Lipinski definition) is 1. The number of halogens is 3. The minimum absolute atomic E-state index is 0.0128. The molecule has 14 heteroatoms. The Balaban J connectivity index is 1.56. The summed E-state index contributed by atoms with van der Waals surface area (Å²) >= 11 is 0. The fourth-order valence-electron chi connectivity index (χ4n) is 2.85. The summed E-state index contributed by atoms with van der Waals surface area (Å²) in [5, 5.41) is 13.1. The summed E-state index contributed by atoms with van der Waals surface area (Å²) in [6, 6.07) is 7.71. The highest BCUT2D eigenvalue weighted by atomic mass is 32.2. The van der Waals surface area contributed by atoms with Crippen LogP contribution in [0.25, 0.3) is 22.8 Å². The Labute approximate surface area is 184 Å². The lowest BCUT2D eigenvalue weighted by atomic mass is 10.2. The number of nitrogens with zero attached hydrogens (tertiary/aromatic N) is 5. The predicted molar refractivity (Wildman–Crippen MR) is 107 cm³/mol. The second-order valence-electron chi connectivity index (χ2n) is 6.80. The Morgan fingerprint density at radius 2 is 1.97 bits per heavy atom. The lowest BCUT2D eigenvalue weighted by molar-refractivity contribution is -0.137. The molecule has 3 heterocycles. The smallest absolute Gasteiger partial charge is 0.417 e. The van der Waals surface area contributed by atoms with Gasteiger partial charge in [-0.2, -0.15) is 23.3 Å². The van der Waals surface area contributed by atoms with Crippen LogP contribution in [0, 0.1) is 0 Å². The number of alkyl halides is 3. The SMILES string of the molecule is Cn1ncc(-c2nc(-c3cccc(S(N)(=O)=O)c3)no2)c1COc1ccc(C(F)(F)F)cn1. The second-order valence-corrected chi connectivity index (χ2v) is 8.36. The van der Waals surface area contributed by atoms with Gasteiger partial charge in [-0.1, -0.05) is 17.3 Å². The average molecular weight is 480 g/mol. The number of benzene rings is 1. The van der Waals surface area contributed by atoms with Crippen molar-refractivity contribution in [2.24, 2.45) is 12.2 Å². The molecular weight excluding hydrogens is 465 g/mol. The first-order valence-electron chi connectivity index (χ1n) is 9.16. The van der Waals surface area contributed by atoms with Gasteiger partial charge in [0.2, 0.25) is 21.7 Å². The number of pyridine rings is 1. The molecule has 0 fully saturated rings. The summed E-state index contributed by atoms with van der Waals surface area (Å²) in [5.74, 6) is 0.190. The third-order valence-electron chi connectivity index (χ3n) is 4.56. The van der Waals surface area contributed by atoms with Gasteiger partial charge in [-0.15, -0.1) is 0 Å². The van der Waals surface area contributed by atoms with Gasteiger partial charge in [0.25, 0.3) is 5.89 Å². The van der Waals surface area contributed by atoms with Crippen LogP contribution >= 0.6 is 0 Å². The van der Waals surface area contributed by atoms with E-state index in [0.29, 0.717) is 23.0 Å². The first kappa shape index (κ1) is 22.4. The zero-order chi connectivity index (χ0) is 23.8. The number of primary sulfonamides is 1. The van der Waals surface area contributed by atoms with Crippen molar-refractivity contribution in [2.75, 3.05) is 0 Å². The van der Waals surface area contributed by atoms with Crippen molar-refractivity contribution in [3.05, 3.63) is 60.0 Å². The normalized spacial score (nSPS) is 12.2. The number of nitrogens with two attached hydrogens (primary N) is 1. The molecule has 172 valence electrons. The van der Waals surface area contributed by atoms with Gasteiger partial charge < -0.3 is 9.26 Å². The molecule has 2 N–H and O–H groups in total. The first-order chi connectivity index (χ1) is 15.5. The maximum Gasteiger partial charge on any atom is 0.417 e. The van der Waals surface area contributed by atoms with Crippen LogP contribution in [-0.2, 0) is 29.9 Å². The predicted octanol–water partition coefficient (Wildman–Crippen LogP) is 2.78. The van der Waals surface area contributed by atoms with E-state index in [1.54, 1.807) is 13.1 Å². The Morgan fingerprint density at radius 3 is 2.64 bits per heavy atom. The van der Waals surface area contributed by atoms with Crippen LogP contribution in [0.1, 0.15) is 11.3 Å². The fraction of sp³-hybridized carbons (Fsp3) is 0.158. The standard InChI is InChI=1S/C19H15F3N6O4S/c1-28-15(10-31-16-6-5-12(8-24-16)19(20,21)22)14(9-25-28)18-26-17(27-32-18)11-3-2-4-13(7-11)33(23,29)30/h2-9H,10H2,1H3,(H2,23,29,30). The van der Waals surface area contributed by atoms with Gasteiger partial charge in [-0.05, 0) is 18.2 Å². The van der Waals surface area contributed by atoms with E-state index in [1.807, 2.05) is 0 Å². The molecule has 0 aliphatic rings. The molecule has 0 spiro atoms. The van der Waals surface area contributed by atoms with Crippen LogP contribution < -0.4 is 9.88 Å². The van der Waals surface area contributed by atoms with Crippen molar-refractivity contribution >= 4 is 10.0 Å². The van der Waals surface area contributed by atoms with Gasteiger partial charge in [-0.25, -0.2) is 18.5 Å². The van der Waals surface area contributed by atoms with E-state index in [1.165, 1.54) is 29.1 Å². The molecule has 0 atom stereocenters. The molecular formula is C19H15F3N6O4S. The monoisotopic (exact) mass is 480 g/mol. The number of hydrogen-bond acceptors (Lipinski definition) is 8. The molecule has 33 heavy (non-hydrogen) atoms. The second kappa shape index (κ2) is 8.29. The molecule has 0 aliphatic heterocycles. The summed E-state index contributed by atoms with van der Waals surface area (Å²) in [4.78, 5) is 7.84. The molecule has 0 saturated carbocycles. The zero-order valence-corrected chi connectivity index (χ0v) is 17.6. The zero-order valence-electron chi connectivity index (χ0n) is 16.8. The quantitative estimate of drug-likeness (QED) is 0.444. The van der Waals surface area contributed by atoms with Crippen molar-refractivity contribution in [1.82, 2.24) is 24.9 Å². The van der Waals surface area contributed by atoms with Crippen LogP contribution in [0.3, 0.4) is 0 Å². The van der Waals surface area contributed by atoms with Crippen molar-refractivity contribution in [3.63, 3.8) is 0 Å². The molecule has 0 amide bonds. The highest BCUT2D eigenvalue weighted by Gasteiger charge is 2.30. The highest BCUT2D eigenvalue weighted by molar-refractivity contribution is 7.89. The molecule has 10 nitrogen and oxygen atoms in total. The number of aryl methyl sites for hydroxylation is 1. The summed E-state index contributed by atoms with van der Waals surface area (Å²) in [5.41, 5.74) is 0.393. The Bertz CT molecular complexity index is 1400. The lowest BCUT2D eigenvalue weighted by Crippen LogP contribution is -2.11. The topological polar surface area (TPSA) is 139 Å². The van der Waals surface area contributed by atoms with Crippen LogP contribution in [0.4, 0.5) is 13.2 Å². The van der Waals surface area contributed by atoms with Crippen LogP contribution in [0.5, 0.6) is 5.88 Å². The van der Waals surface area contributed by atoms with Gasteiger partial charge in [0.05, 0.1) is 27.9 Å². The summed E-state index contributed by atoms with van der Waals surface area (Å²) in [6.45, 7) is -0.0944. The molecule has 0 unspecified atom stereocenters. The summed E-state index contributed by atoms with van der Waals surface area (Å²) in [6.07, 6.45) is -2.36. The van der Waals surface area contributed by atoms with Crippen LogP contribution in [-0.4, -0.2) is 33.3 Å². The maximum atomic E-state index is 12.7. The first-order valence-corrected chi connectivity index (χ1v) is 10.7. The number of ether oxygens (including phenoxy) is 1. The molecule has 0 radical (unpaired) electrons. The van der Waals surface area contributed by atoms with E-state index in [4.69, 9.17) is 14.4 Å². The largest absolute Gasteiger partial charge is 0.471 e. The van der Waals surface area contributed by atoms with E-state index in [9.17, 15) is 21.6 Å². The lowest BCUT2D eigenvalue weighted by Gasteiger charge is -2.09. The minimum atomic E-state index is -4.50. The Hall–Kier alpha value is -3.78. The van der Waals surface area contributed by atoms with Crippen molar-refractivity contribution in [1.29, 1.82) is 0 Å². The van der Waals surface area contributed by atoms with Gasteiger partial charge in [-0.3, -0.25) is 4.68 Å². The van der Waals surface area contributed by atoms with Gasteiger partial charge >= 0.3 is 6.18 Å². The fourth-order valence-corrected chi connectivity index (χ4v) is 3.41. The molecule has 0 saturated heterocycles. The van der Waals surface area contributed by atoms with E-state index >= 15 is 0 Å². The van der Waals surface area contributed by atoms with Gasteiger partial charge in [0.15, 0.2) is 0 Å². The third kappa shape index (κ3) is 4.85. The summed E-state index contributed by atoms with van der Waals surface area (Å²) < 4.78 is 73.4.